The second kappa shape index (κ2) is 7.05. The lowest BCUT2D eigenvalue weighted by Gasteiger charge is -2.26. The molecular formula is C22H16F2N6S. The van der Waals surface area contributed by atoms with Crippen molar-refractivity contribution in [1.29, 1.82) is 0 Å². The largest absolute Gasteiger partial charge is 0.349 e. The summed E-state index contributed by atoms with van der Waals surface area (Å²) in [5, 5.41) is 5.23. The molecule has 31 heavy (non-hydrogen) atoms. The fourth-order valence-corrected chi connectivity index (χ4v) is 5.14. The molecule has 1 atom stereocenters. The molecular weight excluding hydrogens is 418 g/mol. The van der Waals surface area contributed by atoms with Crippen molar-refractivity contribution in [3.63, 3.8) is 0 Å². The van der Waals surface area contributed by atoms with E-state index in [1.165, 1.54) is 12.1 Å². The summed E-state index contributed by atoms with van der Waals surface area (Å²) in [6.07, 6.45) is 8.70. The molecule has 0 bridgehead atoms. The zero-order valence-electron chi connectivity index (χ0n) is 16.2. The highest BCUT2D eigenvalue weighted by molar-refractivity contribution is 7.21. The topological polar surface area (TPSA) is 59.2 Å². The molecule has 1 fully saturated rings. The highest BCUT2D eigenvalue weighted by Crippen LogP contribution is 2.38. The number of thiazole rings is 1. The molecule has 0 amide bonds. The Kier molecular flexibility index (Phi) is 4.17. The number of anilines is 1. The Bertz CT molecular complexity index is 1400. The minimum Gasteiger partial charge on any atom is -0.349 e. The van der Waals surface area contributed by atoms with Crippen molar-refractivity contribution in [2.75, 3.05) is 11.4 Å². The van der Waals surface area contributed by atoms with Crippen LogP contribution in [0.1, 0.15) is 24.4 Å². The molecule has 5 aromatic rings. The standard InChI is InChI=1S/C22H16F2N6S/c23-13-3-4-16(24)14(10-13)18-2-1-8-29(18)20-6-9-30-21(28-20)15(11-26-30)22-27-17-12-25-7-5-19(17)31-22/h3-7,9-12,18H,1-2,8H2/t18-/m1/s1. The number of fused-ring (bicyclic) bond motifs is 2. The predicted molar refractivity (Wildman–Crippen MR) is 115 cm³/mol. The van der Waals surface area contributed by atoms with Gasteiger partial charge in [0.2, 0.25) is 0 Å². The zero-order chi connectivity index (χ0) is 20.9. The Hall–Kier alpha value is -3.46. The van der Waals surface area contributed by atoms with Crippen LogP contribution in [-0.2, 0) is 0 Å². The molecule has 4 aromatic heterocycles. The van der Waals surface area contributed by atoms with Crippen molar-refractivity contribution >= 4 is 33.0 Å². The van der Waals surface area contributed by atoms with Gasteiger partial charge in [-0.25, -0.2) is 23.3 Å². The van der Waals surface area contributed by atoms with Crippen molar-refractivity contribution < 1.29 is 8.78 Å². The van der Waals surface area contributed by atoms with Crippen LogP contribution in [-0.4, -0.2) is 31.1 Å². The van der Waals surface area contributed by atoms with Gasteiger partial charge in [-0.15, -0.1) is 11.3 Å². The van der Waals surface area contributed by atoms with E-state index in [9.17, 15) is 8.78 Å². The minimum absolute atomic E-state index is 0.259. The van der Waals surface area contributed by atoms with Crippen LogP contribution in [0.15, 0.2) is 55.1 Å². The van der Waals surface area contributed by atoms with Gasteiger partial charge in [0.25, 0.3) is 0 Å². The van der Waals surface area contributed by atoms with E-state index in [1.807, 2.05) is 23.2 Å². The van der Waals surface area contributed by atoms with Gasteiger partial charge in [-0.2, -0.15) is 5.10 Å². The van der Waals surface area contributed by atoms with E-state index in [1.54, 1.807) is 34.4 Å². The molecule has 1 aliphatic rings. The molecule has 1 aliphatic heterocycles. The molecule has 1 aromatic carbocycles. The molecule has 6 rings (SSSR count). The van der Waals surface area contributed by atoms with E-state index < -0.39 is 11.6 Å². The minimum atomic E-state index is -0.435. The van der Waals surface area contributed by atoms with E-state index in [4.69, 9.17) is 4.98 Å². The highest BCUT2D eigenvalue weighted by atomic mass is 32.1. The van der Waals surface area contributed by atoms with Gasteiger partial charge in [-0.1, -0.05) is 0 Å². The normalized spacial score (nSPS) is 16.6. The zero-order valence-corrected chi connectivity index (χ0v) is 17.1. The second-order valence-electron chi connectivity index (χ2n) is 7.49. The van der Waals surface area contributed by atoms with Gasteiger partial charge in [-0.3, -0.25) is 4.98 Å². The van der Waals surface area contributed by atoms with E-state index in [2.05, 4.69) is 15.1 Å². The summed E-state index contributed by atoms with van der Waals surface area (Å²) in [6, 6.07) is 7.16. The van der Waals surface area contributed by atoms with Crippen molar-refractivity contribution in [3.05, 3.63) is 72.3 Å². The Labute approximate surface area is 179 Å². The van der Waals surface area contributed by atoms with Crippen LogP contribution in [0.5, 0.6) is 0 Å². The van der Waals surface area contributed by atoms with Crippen molar-refractivity contribution in [2.45, 2.75) is 18.9 Å². The number of pyridine rings is 1. The Morgan fingerprint density at radius 3 is 2.90 bits per heavy atom. The number of rotatable bonds is 3. The smallest absolute Gasteiger partial charge is 0.167 e. The third-order valence-corrected chi connectivity index (χ3v) is 6.71. The summed E-state index contributed by atoms with van der Waals surface area (Å²) < 4.78 is 31.0. The quantitative estimate of drug-likeness (QED) is 0.399. The maximum Gasteiger partial charge on any atom is 0.167 e. The number of hydrogen-bond donors (Lipinski definition) is 0. The monoisotopic (exact) mass is 434 g/mol. The number of aromatic nitrogens is 5. The van der Waals surface area contributed by atoms with E-state index in [0.717, 1.165) is 46.2 Å². The van der Waals surface area contributed by atoms with E-state index in [0.29, 0.717) is 17.0 Å². The average molecular weight is 434 g/mol. The molecule has 0 N–H and O–H groups in total. The molecule has 0 spiro atoms. The summed E-state index contributed by atoms with van der Waals surface area (Å²) in [7, 11) is 0. The van der Waals surface area contributed by atoms with Crippen molar-refractivity contribution in [1.82, 2.24) is 24.6 Å². The van der Waals surface area contributed by atoms with Crippen LogP contribution in [0.2, 0.25) is 0 Å². The first-order chi connectivity index (χ1) is 15.2. The number of halogens is 2. The summed E-state index contributed by atoms with van der Waals surface area (Å²) in [6.45, 7) is 0.722. The maximum atomic E-state index is 14.5. The van der Waals surface area contributed by atoms with Gasteiger partial charge >= 0.3 is 0 Å². The molecule has 0 aliphatic carbocycles. The third kappa shape index (κ3) is 3.04. The molecule has 0 unspecified atom stereocenters. The molecule has 154 valence electrons. The maximum absolute atomic E-state index is 14.5. The van der Waals surface area contributed by atoms with Crippen LogP contribution in [0.4, 0.5) is 14.6 Å². The van der Waals surface area contributed by atoms with Gasteiger partial charge in [-0.05, 0) is 43.2 Å². The van der Waals surface area contributed by atoms with Crippen LogP contribution >= 0.6 is 11.3 Å². The summed E-state index contributed by atoms with van der Waals surface area (Å²) in [5.41, 5.74) is 2.70. The van der Waals surface area contributed by atoms with Crippen LogP contribution in [0.3, 0.4) is 0 Å². The van der Waals surface area contributed by atoms with E-state index in [-0.39, 0.29) is 6.04 Å². The van der Waals surface area contributed by atoms with Gasteiger partial charge in [0.1, 0.15) is 28.0 Å². The summed E-state index contributed by atoms with van der Waals surface area (Å²) >= 11 is 1.56. The first-order valence-corrected chi connectivity index (χ1v) is 10.8. The molecule has 0 radical (unpaired) electrons. The number of nitrogens with zero attached hydrogens (tertiary/aromatic N) is 6. The first-order valence-electron chi connectivity index (χ1n) is 9.94. The lowest BCUT2D eigenvalue weighted by Crippen LogP contribution is -2.24. The summed E-state index contributed by atoms with van der Waals surface area (Å²) in [5.74, 6) is -0.120. The fraction of sp³-hybridized carbons (Fsp3) is 0.182. The predicted octanol–water partition coefficient (Wildman–Crippen LogP) is 5.02. The van der Waals surface area contributed by atoms with Crippen molar-refractivity contribution in [2.24, 2.45) is 0 Å². The van der Waals surface area contributed by atoms with Gasteiger partial charge in [0.05, 0.1) is 28.7 Å². The highest BCUT2D eigenvalue weighted by Gasteiger charge is 2.30. The van der Waals surface area contributed by atoms with Crippen molar-refractivity contribution in [3.8, 4) is 10.6 Å². The first kappa shape index (κ1) is 18.3. The Balaban J connectivity index is 1.43. The van der Waals surface area contributed by atoms with Gasteiger partial charge in [0, 0.05) is 24.5 Å². The van der Waals surface area contributed by atoms with E-state index >= 15 is 0 Å². The second-order valence-corrected chi connectivity index (χ2v) is 8.52. The summed E-state index contributed by atoms with van der Waals surface area (Å²) in [4.78, 5) is 15.7. The lowest BCUT2D eigenvalue weighted by atomic mass is 10.0. The van der Waals surface area contributed by atoms with Crippen LogP contribution in [0, 0.1) is 11.6 Å². The lowest BCUT2D eigenvalue weighted by molar-refractivity contribution is 0.560. The number of benzene rings is 1. The molecule has 5 heterocycles. The molecule has 9 heteroatoms. The van der Waals surface area contributed by atoms with Gasteiger partial charge in [0.15, 0.2) is 5.65 Å². The fourth-order valence-electron chi connectivity index (χ4n) is 4.20. The third-order valence-electron chi connectivity index (χ3n) is 5.64. The van der Waals surface area contributed by atoms with Crippen LogP contribution in [0.25, 0.3) is 26.4 Å². The Morgan fingerprint density at radius 1 is 1.06 bits per heavy atom. The Morgan fingerprint density at radius 2 is 2.00 bits per heavy atom. The molecule has 0 saturated carbocycles. The van der Waals surface area contributed by atoms with Crippen LogP contribution < -0.4 is 4.90 Å². The molecule has 6 nitrogen and oxygen atoms in total. The average Bonchev–Trinajstić information content (AvgIpc) is 3.52. The van der Waals surface area contributed by atoms with Gasteiger partial charge < -0.3 is 4.90 Å². The molecule has 1 saturated heterocycles. The number of hydrogen-bond acceptors (Lipinski definition) is 6. The SMILES string of the molecule is Fc1ccc(F)c([C@H]2CCCN2c2ccn3ncc(-c4nc5cnccc5s4)c3n2)c1.